The van der Waals surface area contributed by atoms with Crippen molar-refractivity contribution < 1.29 is 0 Å². The van der Waals surface area contributed by atoms with Crippen LogP contribution in [0.15, 0.2) is 22.7 Å². The molecule has 0 aliphatic heterocycles. The van der Waals surface area contributed by atoms with E-state index in [0.717, 1.165) is 10.2 Å². The van der Waals surface area contributed by atoms with Gasteiger partial charge in [-0.15, -0.1) is 0 Å². The van der Waals surface area contributed by atoms with E-state index >= 15 is 0 Å². The van der Waals surface area contributed by atoms with Gasteiger partial charge in [-0.1, -0.05) is 6.07 Å². The molecular formula is C12H15BrN6. The number of anilines is 4. The summed E-state index contributed by atoms with van der Waals surface area (Å²) in [6.45, 7) is 2.03. The Morgan fingerprint density at radius 2 is 1.95 bits per heavy atom. The molecule has 0 saturated heterocycles. The van der Waals surface area contributed by atoms with Gasteiger partial charge in [0.15, 0.2) is 0 Å². The first kappa shape index (κ1) is 13.5. The summed E-state index contributed by atoms with van der Waals surface area (Å²) in [5.74, 6) is 1.11. The number of nitrogens with two attached hydrogens (primary N) is 1. The molecule has 19 heavy (non-hydrogen) atoms. The zero-order chi connectivity index (χ0) is 14.0. The van der Waals surface area contributed by atoms with Gasteiger partial charge in [0.25, 0.3) is 0 Å². The molecule has 0 spiro atoms. The summed E-state index contributed by atoms with van der Waals surface area (Å²) in [7, 11) is 3.70. The number of hydrogen-bond acceptors (Lipinski definition) is 6. The molecule has 6 nitrogen and oxygen atoms in total. The summed E-state index contributed by atoms with van der Waals surface area (Å²) in [5.41, 5.74) is 7.72. The molecule has 0 atom stereocenters. The molecule has 3 N–H and O–H groups in total. The second-order valence-corrected chi connectivity index (χ2v) is 5.17. The van der Waals surface area contributed by atoms with Crippen molar-refractivity contribution in [1.29, 1.82) is 0 Å². The third-order valence-electron chi connectivity index (χ3n) is 2.41. The van der Waals surface area contributed by atoms with E-state index in [1.54, 1.807) is 4.90 Å². The highest BCUT2D eigenvalue weighted by Gasteiger charge is 2.08. The molecule has 1 heterocycles. The van der Waals surface area contributed by atoms with Crippen molar-refractivity contribution in [3.05, 3.63) is 28.2 Å². The molecule has 100 valence electrons. The Kier molecular flexibility index (Phi) is 3.84. The number of halogens is 1. The number of aryl methyl sites for hydroxylation is 1. The van der Waals surface area contributed by atoms with E-state index in [0.29, 0.717) is 11.9 Å². The van der Waals surface area contributed by atoms with Crippen molar-refractivity contribution in [3.63, 3.8) is 0 Å². The predicted molar refractivity (Wildman–Crippen MR) is 80.7 cm³/mol. The Labute approximate surface area is 120 Å². The molecule has 2 rings (SSSR count). The summed E-state index contributed by atoms with van der Waals surface area (Å²) in [4.78, 5) is 14.2. The summed E-state index contributed by atoms with van der Waals surface area (Å²) < 4.78 is 0.942. The van der Waals surface area contributed by atoms with Crippen LogP contribution in [0.1, 0.15) is 5.56 Å². The number of hydrogen-bond donors (Lipinski definition) is 2. The van der Waals surface area contributed by atoms with Gasteiger partial charge in [-0.3, -0.25) is 0 Å². The van der Waals surface area contributed by atoms with Crippen LogP contribution in [-0.4, -0.2) is 29.0 Å². The first-order chi connectivity index (χ1) is 8.95. The van der Waals surface area contributed by atoms with Crippen molar-refractivity contribution in [3.8, 4) is 0 Å². The average Bonchev–Trinajstić information content (AvgIpc) is 2.32. The molecule has 0 amide bonds. The average molecular weight is 323 g/mol. The standard InChI is InChI=1S/C12H15BrN6/c1-7-4-5-9(8(13)6-7)15-11-16-10(14)17-12(18-11)19(2)3/h4-6H,1-3H3,(H3,14,15,16,17,18). The monoisotopic (exact) mass is 322 g/mol. The van der Waals surface area contributed by atoms with E-state index in [2.05, 4.69) is 36.2 Å². The van der Waals surface area contributed by atoms with Gasteiger partial charge in [-0.2, -0.15) is 15.0 Å². The minimum Gasteiger partial charge on any atom is -0.368 e. The van der Waals surface area contributed by atoms with Crippen molar-refractivity contribution in [1.82, 2.24) is 15.0 Å². The lowest BCUT2D eigenvalue weighted by Gasteiger charge is -2.13. The van der Waals surface area contributed by atoms with Crippen molar-refractivity contribution in [2.45, 2.75) is 6.92 Å². The fraction of sp³-hybridized carbons (Fsp3) is 0.250. The molecule has 0 fully saturated rings. The van der Waals surface area contributed by atoms with Gasteiger partial charge in [0, 0.05) is 18.6 Å². The van der Waals surface area contributed by atoms with Gasteiger partial charge in [0.1, 0.15) is 0 Å². The van der Waals surface area contributed by atoms with Crippen LogP contribution < -0.4 is 16.0 Å². The van der Waals surface area contributed by atoms with E-state index in [9.17, 15) is 0 Å². The van der Waals surface area contributed by atoms with Crippen molar-refractivity contribution in [2.75, 3.05) is 30.0 Å². The number of nitrogens with zero attached hydrogens (tertiary/aromatic N) is 4. The van der Waals surface area contributed by atoms with Gasteiger partial charge < -0.3 is 16.0 Å². The minimum absolute atomic E-state index is 0.185. The number of benzene rings is 1. The molecule has 2 aromatic rings. The van der Waals surface area contributed by atoms with Crippen LogP contribution in [0.4, 0.5) is 23.5 Å². The SMILES string of the molecule is Cc1ccc(Nc2nc(N)nc(N(C)C)n2)c(Br)c1. The Balaban J connectivity index is 2.32. The predicted octanol–water partition coefficient (Wildman–Crippen LogP) is 2.33. The molecule has 0 aliphatic carbocycles. The number of rotatable bonds is 3. The van der Waals surface area contributed by atoms with Gasteiger partial charge in [0.05, 0.1) is 5.69 Å². The third-order valence-corrected chi connectivity index (χ3v) is 3.07. The van der Waals surface area contributed by atoms with E-state index in [1.165, 1.54) is 5.56 Å². The van der Waals surface area contributed by atoms with Crippen LogP contribution in [0, 0.1) is 6.92 Å². The number of nitrogen functional groups attached to an aromatic ring is 1. The second-order valence-electron chi connectivity index (χ2n) is 4.32. The van der Waals surface area contributed by atoms with Crippen molar-refractivity contribution in [2.24, 2.45) is 0 Å². The topological polar surface area (TPSA) is 80.0 Å². The molecule has 0 bridgehead atoms. The lowest BCUT2D eigenvalue weighted by Crippen LogP contribution is -2.15. The summed E-state index contributed by atoms with van der Waals surface area (Å²) >= 11 is 3.50. The first-order valence-electron chi connectivity index (χ1n) is 5.68. The van der Waals surface area contributed by atoms with Crippen LogP contribution in [0.2, 0.25) is 0 Å². The highest BCUT2D eigenvalue weighted by atomic mass is 79.9. The molecule has 7 heteroatoms. The lowest BCUT2D eigenvalue weighted by atomic mass is 10.2. The van der Waals surface area contributed by atoms with E-state index in [-0.39, 0.29) is 5.95 Å². The third kappa shape index (κ3) is 3.31. The molecule has 0 saturated carbocycles. The normalized spacial score (nSPS) is 10.3. The Hall–Kier alpha value is -1.89. The van der Waals surface area contributed by atoms with Gasteiger partial charge in [-0.25, -0.2) is 0 Å². The maximum atomic E-state index is 5.67. The van der Waals surface area contributed by atoms with Crippen LogP contribution in [-0.2, 0) is 0 Å². The maximum Gasteiger partial charge on any atom is 0.233 e. The van der Waals surface area contributed by atoms with Crippen LogP contribution in [0.3, 0.4) is 0 Å². The van der Waals surface area contributed by atoms with Gasteiger partial charge in [-0.05, 0) is 40.5 Å². The highest BCUT2D eigenvalue weighted by molar-refractivity contribution is 9.10. The zero-order valence-corrected chi connectivity index (χ0v) is 12.6. The van der Waals surface area contributed by atoms with Crippen LogP contribution >= 0.6 is 15.9 Å². The first-order valence-corrected chi connectivity index (χ1v) is 6.47. The molecule has 0 radical (unpaired) electrons. The fourth-order valence-corrected chi connectivity index (χ4v) is 2.07. The molecule has 0 unspecified atom stereocenters. The Morgan fingerprint density at radius 1 is 1.21 bits per heavy atom. The highest BCUT2D eigenvalue weighted by Crippen LogP contribution is 2.26. The lowest BCUT2D eigenvalue weighted by molar-refractivity contribution is 0.969. The van der Waals surface area contributed by atoms with E-state index in [1.807, 2.05) is 39.2 Å². The smallest absolute Gasteiger partial charge is 0.233 e. The summed E-state index contributed by atoms with van der Waals surface area (Å²) in [6.07, 6.45) is 0. The second kappa shape index (κ2) is 5.40. The number of nitrogens with one attached hydrogen (secondary N) is 1. The Bertz CT molecular complexity index is 599. The largest absolute Gasteiger partial charge is 0.368 e. The molecule has 1 aromatic heterocycles. The van der Waals surface area contributed by atoms with Gasteiger partial charge >= 0.3 is 0 Å². The number of aromatic nitrogens is 3. The van der Waals surface area contributed by atoms with Crippen LogP contribution in [0.5, 0.6) is 0 Å². The van der Waals surface area contributed by atoms with Crippen LogP contribution in [0.25, 0.3) is 0 Å². The summed E-state index contributed by atoms with van der Waals surface area (Å²) in [6, 6.07) is 5.97. The van der Waals surface area contributed by atoms with Crippen molar-refractivity contribution >= 4 is 39.5 Å². The van der Waals surface area contributed by atoms with E-state index in [4.69, 9.17) is 5.73 Å². The van der Waals surface area contributed by atoms with Gasteiger partial charge in [0.2, 0.25) is 17.8 Å². The molecular weight excluding hydrogens is 308 g/mol. The zero-order valence-electron chi connectivity index (χ0n) is 11.0. The fourth-order valence-electron chi connectivity index (χ4n) is 1.48. The summed E-state index contributed by atoms with van der Waals surface area (Å²) in [5, 5.41) is 3.12. The Morgan fingerprint density at radius 3 is 2.58 bits per heavy atom. The minimum atomic E-state index is 0.185. The molecule has 1 aromatic carbocycles. The van der Waals surface area contributed by atoms with E-state index < -0.39 is 0 Å². The quantitative estimate of drug-likeness (QED) is 0.902. The maximum absolute atomic E-state index is 5.67. The molecule has 0 aliphatic rings.